The molecule has 1 saturated carbocycles. The van der Waals surface area contributed by atoms with Crippen LogP contribution in [0, 0.1) is 5.82 Å². The lowest BCUT2D eigenvalue weighted by Gasteiger charge is -2.38. The number of benzene rings is 2. The molecule has 2 aliphatic rings. The molecular formula is C28H32FN7O3. The first-order chi connectivity index (χ1) is 18.7. The maximum absolute atomic E-state index is 14.7. The van der Waals surface area contributed by atoms with Crippen LogP contribution >= 0.6 is 0 Å². The van der Waals surface area contributed by atoms with Crippen LogP contribution in [0.4, 0.5) is 15.8 Å². The molecule has 0 radical (unpaired) electrons. The molecule has 2 fully saturated rings. The number of piperazine rings is 1. The minimum atomic E-state index is -0.570. The van der Waals surface area contributed by atoms with Gasteiger partial charge in [-0.1, -0.05) is 0 Å². The molecule has 1 amide bonds. The van der Waals surface area contributed by atoms with Crippen LogP contribution in [0.15, 0.2) is 36.7 Å². The van der Waals surface area contributed by atoms with Crippen molar-refractivity contribution in [2.45, 2.75) is 57.4 Å². The van der Waals surface area contributed by atoms with E-state index in [1.807, 2.05) is 6.07 Å². The molecule has 2 aromatic heterocycles. The molecule has 4 atom stereocenters. The van der Waals surface area contributed by atoms with Crippen molar-refractivity contribution in [1.82, 2.24) is 25.1 Å². The second-order valence-electron chi connectivity index (χ2n) is 10.7. The summed E-state index contributed by atoms with van der Waals surface area (Å²) in [5, 5.41) is 22.0. The fourth-order valence-electron chi connectivity index (χ4n) is 5.79. The van der Waals surface area contributed by atoms with Crippen LogP contribution in [0.1, 0.15) is 43.5 Å². The number of fused-ring (bicyclic) bond motifs is 2. The predicted molar refractivity (Wildman–Crippen MR) is 147 cm³/mol. The highest BCUT2D eigenvalue weighted by Crippen LogP contribution is 2.32. The van der Waals surface area contributed by atoms with E-state index < -0.39 is 17.8 Å². The summed E-state index contributed by atoms with van der Waals surface area (Å²) in [5.74, 6) is -0.944. The number of aromatic nitrogens is 4. The number of carbonyl (C=O) groups is 1. The van der Waals surface area contributed by atoms with Crippen LogP contribution in [0.2, 0.25) is 0 Å². The van der Waals surface area contributed by atoms with Gasteiger partial charge in [0, 0.05) is 66.8 Å². The smallest absolute Gasteiger partial charge is 0.317 e. The van der Waals surface area contributed by atoms with Crippen molar-refractivity contribution in [3.05, 3.63) is 48.0 Å². The molecule has 10 nitrogen and oxygen atoms in total. The monoisotopic (exact) mass is 533 g/mol. The number of amides is 1. The summed E-state index contributed by atoms with van der Waals surface area (Å²) >= 11 is 0. The van der Waals surface area contributed by atoms with Gasteiger partial charge >= 0.3 is 6.01 Å². The fourth-order valence-corrected chi connectivity index (χ4v) is 5.79. The number of hydrogen-bond acceptors (Lipinski definition) is 8. The summed E-state index contributed by atoms with van der Waals surface area (Å²) in [6.45, 7) is 5.87. The number of nitrogens with zero attached hydrogens (tertiary/aromatic N) is 5. The normalized spacial score (nSPS) is 23.5. The molecule has 0 spiro atoms. The Morgan fingerprint density at radius 1 is 1.18 bits per heavy atom. The standard InChI is InChI=1S/C28H32FN7O3/c1-15-12-36(13-16(2)31-15)22-8-7-19(26-20(22)11-30-28(33-26)39-24-6-4-5-23(24)37)27(38)32-18-9-17-14-35(3)34-25(17)21(29)10-18/h7-11,14-16,23-24,31,37H,4-6,12-13H2,1-3H3,(H,32,38)/t15-,16-,23+,24-/m0/s1. The third kappa shape index (κ3) is 4.99. The van der Waals surface area contributed by atoms with Crippen LogP contribution < -0.4 is 20.3 Å². The molecule has 2 aromatic carbocycles. The van der Waals surface area contributed by atoms with Gasteiger partial charge in [-0.2, -0.15) is 10.1 Å². The number of aliphatic hydroxyl groups is 1. The maximum Gasteiger partial charge on any atom is 0.317 e. The zero-order valence-corrected chi connectivity index (χ0v) is 22.2. The van der Waals surface area contributed by atoms with Crippen molar-refractivity contribution in [1.29, 1.82) is 0 Å². The van der Waals surface area contributed by atoms with E-state index in [-0.39, 0.29) is 29.7 Å². The number of ether oxygens (including phenoxy) is 1. The first kappa shape index (κ1) is 25.4. The van der Waals surface area contributed by atoms with Gasteiger partial charge < -0.3 is 25.4 Å². The van der Waals surface area contributed by atoms with E-state index in [9.17, 15) is 14.3 Å². The molecule has 1 aliphatic carbocycles. The SMILES string of the molecule is C[C@H]1CN(c2ccc(C(=O)Nc3cc(F)c4nn(C)cc4c3)c3nc(O[C@H]4CCC[C@H]4O)ncc23)C[C@H](C)N1. The number of rotatable bonds is 5. The lowest BCUT2D eigenvalue weighted by atomic mass is 10.0. The van der Waals surface area contributed by atoms with Crippen molar-refractivity contribution in [3.8, 4) is 6.01 Å². The molecule has 0 bridgehead atoms. The highest BCUT2D eigenvalue weighted by molar-refractivity contribution is 6.14. The van der Waals surface area contributed by atoms with E-state index in [0.717, 1.165) is 37.0 Å². The van der Waals surface area contributed by atoms with E-state index in [1.54, 1.807) is 31.6 Å². The number of aliphatic hydroxyl groups excluding tert-OH is 1. The number of anilines is 2. The molecule has 3 heterocycles. The minimum Gasteiger partial charge on any atom is -0.457 e. The number of aryl methyl sites for hydroxylation is 1. The van der Waals surface area contributed by atoms with Gasteiger partial charge in [0.15, 0.2) is 5.82 Å². The molecule has 1 saturated heterocycles. The van der Waals surface area contributed by atoms with E-state index in [0.29, 0.717) is 28.6 Å². The van der Waals surface area contributed by atoms with E-state index in [2.05, 4.69) is 44.4 Å². The number of halogens is 1. The Bertz CT molecular complexity index is 1550. The molecule has 4 aromatic rings. The lowest BCUT2D eigenvalue weighted by Crippen LogP contribution is -2.54. The zero-order chi connectivity index (χ0) is 27.3. The summed E-state index contributed by atoms with van der Waals surface area (Å²) in [5.41, 5.74) is 2.24. The first-order valence-corrected chi connectivity index (χ1v) is 13.3. The maximum atomic E-state index is 14.7. The Kier molecular flexibility index (Phi) is 6.56. The first-order valence-electron chi connectivity index (χ1n) is 13.3. The van der Waals surface area contributed by atoms with Crippen LogP contribution in [0.25, 0.3) is 21.8 Å². The Balaban J connectivity index is 1.39. The van der Waals surface area contributed by atoms with Gasteiger partial charge in [-0.05, 0) is 57.4 Å². The van der Waals surface area contributed by atoms with Gasteiger partial charge in [0.05, 0.1) is 17.2 Å². The van der Waals surface area contributed by atoms with Crippen molar-refractivity contribution in [3.63, 3.8) is 0 Å². The average molecular weight is 534 g/mol. The minimum absolute atomic E-state index is 0.115. The zero-order valence-electron chi connectivity index (χ0n) is 22.2. The predicted octanol–water partition coefficient (Wildman–Crippen LogP) is 3.39. The van der Waals surface area contributed by atoms with Gasteiger partial charge in [-0.25, -0.2) is 9.37 Å². The molecule has 0 unspecified atom stereocenters. The average Bonchev–Trinajstić information content (AvgIpc) is 3.47. The molecule has 3 N–H and O–H groups in total. The van der Waals surface area contributed by atoms with Crippen molar-refractivity contribution < 1.29 is 19.0 Å². The van der Waals surface area contributed by atoms with E-state index >= 15 is 0 Å². The lowest BCUT2D eigenvalue weighted by molar-refractivity contribution is 0.0544. The number of nitrogens with one attached hydrogen (secondary N) is 2. The summed E-state index contributed by atoms with van der Waals surface area (Å²) in [6, 6.07) is 7.30. The molecule has 204 valence electrons. The topological polar surface area (TPSA) is 117 Å². The number of carbonyl (C=O) groups excluding carboxylic acids is 1. The summed E-state index contributed by atoms with van der Waals surface area (Å²) in [6.07, 6.45) is 4.69. The molecule has 1 aliphatic heterocycles. The van der Waals surface area contributed by atoms with Crippen LogP contribution in [-0.2, 0) is 7.05 Å². The summed E-state index contributed by atoms with van der Waals surface area (Å²) in [4.78, 5) is 24.9. The van der Waals surface area contributed by atoms with Crippen molar-refractivity contribution in [2.75, 3.05) is 23.3 Å². The largest absolute Gasteiger partial charge is 0.457 e. The van der Waals surface area contributed by atoms with Crippen molar-refractivity contribution in [2.24, 2.45) is 7.05 Å². The molecule has 6 rings (SSSR count). The molecule has 39 heavy (non-hydrogen) atoms. The van der Waals surface area contributed by atoms with Crippen LogP contribution in [0.3, 0.4) is 0 Å². The second-order valence-corrected chi connectivity index (χ2v) is 10.7. The van der Waals surface area contributed by atoms with E-state index in [4.69, 9.17) is 4.74 Å². The summed E-state index contributed by atoms with van der Waals surface area (Å²) < 4.78 is 22.1. The van der Waals surface area contributed by atoms with Gasteiger partial charge in [0.1, 0.15) is 11.6 Å². The highest BCUT2D eigenvalue weighted by Gasteiger charge is 2.29. The quantitative estimate of drug-likeness (QED) is 0.358. The molecular weight excluding hydrogens is 501 g/mol. The Morgan fingerprint density at radius 3 is 2.72 bits per heavy atom. The van der Waals surface area contributed by atoms with Crippen LogP contribution in [0.5, 0.6) is 6.01 Å². The Labute approximate surface area is 225 Å². The van der Waals surface area contributed by atoms with Crippen molar-refractivity contribution >= 4 is 39.1 Å². The van der Waals surface area contributed by atoms with Gasteiger partial charge in [-0.3, -0.25) is 9.48 Å². The number of hydrogen-bond donors (Lipinski definition) is 3. The highest BCUT2D eigenvalue weighted by atomic mass is 19.1. The Hall–Kier alpha value is -3.83. The summed E-state index contributed by atoms with van der Waals surface area (Å²) in [7, 11) is 1.72. The third-order valence-electron chi connectivity index (χ3n) is 7.46. The third-order valence-corrected chi connectivity index (χ3v) is 7.46. The van der Waals surface area contributed by atoms with Gasteiger partial charge in [-0.15, -0.1) is 0 Å². The van der Waals surface area contributed by atoms with Gasteiger partial charge in [0.25, 0.3) is 5.91 Å². The van der Waals surface area contributed by atoms with Gasteiger partial charge in [0.2, 0.25) is 0 Å². The fraction of sp³-hybridized carbons (Fsp3) is 0.429. The Morgan fingerprint density at radius 2 is 1.97 bits per heavy atom. The molecule has 11 heteroatoms. The van der Waals surface area contributed by atoms with Crippen LogP contribution in [-0.4, -0.2) is 68.1 Å². The van der Waals surface area contributed by atoms with E-state index in [1.165, 1.54) is 10.7 Å². The second kappa shape index (κ2) is 10.0.